The number of nitrogens with zero attached hydrogens (tertiary/aromatic N) is 2. The number of esters is 1. The van der Waals surface area contributed by atoms with Gasteiger partial charge < -0.3 is 25.1 Å². The summed E-state index contributed by atoms with van der Waals surface area (Å²) in [6.45, 7) is 3.84. The Labute approximate surface area is 140 Å². The van der Waals surface area contributed by atoms with Gasteiger partial charge in [-0.3, -0.25) is 9.59 Å². The number of rotatable bonds is 9. The fraction of sp³-hybridized carbons (Fsp3) is 0.733. The lowest BCUT2D eigenvalue weighted by Crippen LogP contribution is -2.54. The SMILES string of the molecule is COC1(C(=O)N[C@@H](CCC(=O)C=[N+]=[N-])C(=O)OC(C)C)CCOC1. The molecule has 1 aliphatic heterocycles. The fourth-order valence-electron chi connectivity index (χ4n) is 2.25. The average Bonchev–Trinajstić information content (AvgIpc) is 3.01. The monoisotopic (exact) mass is 341 g/mol. The molecule has 0 bridgehead atoms. The first-order valence-electron chi connectivity index (χ1n) is 7.69. The molecule has 1 N–H and O–H groups in total. The highest BCUT2D eigenvalue weighted by Gasteiger charge is 2.44. The molecule has 1 aliphatic rings. The molecule has 0 aromatic carbocycles. The molecule has 0 aromatic heterocycles. The van der Waals surface area contributed by atoms with Gasteiger partial charge in [0.2, 0.25) is 5.78 Å². The number of amides is 1. The first-order valence-corrected chi connectivity index (χ1v) is 7.69. The van der Waals surface area contributed by atoms with Crippen molar-refractivity contribution < 1.29 is 33.4 Å². The Morgan fingerprint density at radius 1 is 1.42 bits per heavy atom. The third kappa shape index (κ3) is 5.52. The van der Waals surface area contributed by atoms with E-state index in [9.17, 15) is 14.4 Å². The number of hydrogen-bond donors (Lipinski definition) is 1. The van der Waals surface area contributed by atoms with Crippen LogP contribution in [-0.2, 0) is 28.6 Å². The zero-order valence-corrected chi connectivity index (χ0v) is 14.1. The average molecular weight is 341 g/mol. The van der Waals surface area contributed by atoms with E-state index in [0.717, 1.165) is 6.21 Å². The number of methoxy groups -OCH3 is 1. The number of ketones is 1. The molecule has 24 heavy (non-hydrogen) atoms. The number of ether oxygens (including phenoxy) is 3. The predicted octanol–water partition coefficient (Wildman–Crippen LogP) is -0.122. The smallest absolute Gasteiger partial charge is 0.328 e. The third-order valence-corrected chi connectivity index (χ3v) is 3.61. The van der Waals surface area contributed by atoms with Gasteiger partial charge in [0, 0.05) is 20.0 Å². The van der Waals surface area contributed by atoms with Crippen molar-refractivity contribution in [2.75, 3.05) is 20.3 Å². The van der Waals surface area contributed by atoms with Gasteiger partial charge in [-0.1, -0.05) is 0 Å². The van der Waals surface area contributed by atoms with E-state index in [1.165, 1.54) is 7.11 Å². The number of nitrogens with one attached hydrogen (secondary N) is 1. The molecule has 2 atom stereocenters. The Morgan fingerprint density at radius 2 is 2.12 bits per heavy atom. The van der Waals surface area contributed by atoms with Gasteiger partial charge in [-0.25, -0.2) is 4.79 Å². The summed E-state index contributed by atoms with van der Waals surface area (Å²) in [6.07, 6.45) is 0.685. The summed E-state index contributed by atoms with van der Waals surface area (Å²) in [7, 11) is 1.40. The molecule has 9 heteroatoms. The van der Waals surface area contributed by atoms with Gasteiger partial charge in [0.15, 0.2) is 5.60 Å². The highest BCUT2D eigenvalue weighted by atomic mass is 16.6. The van der Waals surface area contributed by atoms with Crippen LogP contribution >= 0.6 is 0 Å². The molecule has 134 valence electrons. The van der Waals surface area contributed by atoms with Crippen molar-refractivity contribution in [3.05, 3.63) is 5.53 Å². The standard InChI is InChI=1S/C15H23N3O6/c1-10(2)24-13(20)12(5-4-11(19)8-17-16)18-14(21)15(22-3)6-7-23-9-15/h8,10,12H,4-7,9H2,1-3H3,(H,18,21)/t12-,15?/m0/s1. The Morgan fingerprint density at radius 3 is 2.62 bits per heavy atom. The fourth-order valence-corrected chi connectivity index (χ4v) is 2.25. The Balaban J connectivity index is 2.79. The molecule has 1 rings (SSSR count). The molecule has 1 fully saturated rings. The van der Waals surface area contributed by atoms with E-state index >= 15 is 0 Å². The molecule has 0 spiro atoms. The van der Waals surface area contributed by atoms with Crippen molar-refractivity contribution >= 4 is 23.9 Å². The van der Waals surface area contributed by atoms with Crippen LogP contribution in [0.1, 0.15) is 33.1 Å². The van der Waals surface area contributed by atoms with E-state index in [1.54, 1.807) is 13.8 Å². The van der Waals surface area contributed by atoms with Crippen molar-refractivity contribution in [1.29, 1.82) is 0 Å². The van der Waals surface area contributed by atoms with Crippen LogP contribution in [0.2, 0.25) is 0 Å². The maximum Gasteiger partial charge on any atom is 0.328 e. The Hall–Kier alpha value is -2.09. The van der Waals surface area contributed by atoms with Gasteiger partial charge in [-0.15, -0.1) is 0 Å². The molecule has 0 aromatic rings. The zero-order chi connectivity index (χ0) is 18.2. The molecule has 1 amide bonds. The minimum atomic E-state index is -1.15. The number of hydrogen-bond acceptors (Lipinski definition) is 6. The van der Waals surface area contributed by atoms with Gasteiger partial charge in [0.1, 0.15) is 6.04 Å². The summed E-state index contributed by atoms with van der Waals surface area (Å²) >= 11 is 0. The second kappa shape index (κ2) is 9.27. The van der Waals surface area contributed by atoms with Crippen LogP contribution in [0.3, 0.4) is 0 Å². The Kier molecular flexibility index (Phi) is 7.70. The summed E-state index contributed by atoms with van der Waals surface area (Å²) in [5.74, 6) is -1.60. The molecule has 9 nitrogen and oxygen atoms in total. The highest BCUT2D eigenvalue weighted by Crippen LogP contribution is 2.23. The van der Waals surface area contributed by atoms with Crippen LogP contribution in [0.15, 0.2) is 0 Å². The second-order valence-corrected chi connectivity index (χ2v) is 5.76. The van der Waals surface area contributed by atoms with E-state index in [1.807, 2.05) is 0 Å². The van der Waals surface area contributed by atoms with Crippen LogP contribution in [-0.4, -0.2) is 66.7 Å². The first kappa shape index (κ1) is 20.0. The molecule has 0 aliphatic carbocycles. The molecule has 0 saturated carbocycles. The molecular weight excluding hydrogens is 318 g/mol. The van der Waals surface area contributed by atoms with Crippen LogP contribution in [0, 0.1) is 0 Å². The largest absolute Gasteiger partial charge is 0.461 e. The van der Waals surface area contributed by atoms with Gasteiger partial charge in [-0.2, -0.15) is 4.79 Å². The van der Waals surface area contributed by atoms with E-state index in [0.29, 0.717) is 13.0 Å². The number of carbonyl (C=O) groups is 3. The number of carbonyl (C=O) groups excluding carboxylic acids is 3. The van der Waals surface area contributed by atoms with Crippen LogP contribution < -0.4 is 5.32 Å². The first-order chi connectivity index (χ1) is 11.3. The highest BCUT2D eigenvalue weighted by molar-refractivity contribution is 6.25. The lowest BCUT2D eigenvalue weighted by Gasteiger charge is -2.27. The van der Waals surface area contributed by atoms with Gasteiger partial charge >= 0.3 is 12.2 Å². The van der Waals surface area contributed by atoms with Gasteiger partial charge in [0.25, 0.3) is 5.91 Å². The Bertz CT molecular complexity index is 521. The van der Waals surface area contributed by atoms with E-state index in [2.05, 4.69) is 10.1 Å². The minimum absolute atomic E-state index is 0.0167. The molecular formula is C15H23N3O6. The van der Waals surface area contributed by atoms with E-state index < -0.39 is 29.3 Å². The molecule has 1 heterocycles. The summed E-state index contributed by atoms with van der Waals surface area (Å²) in [4.78, 5) is 38.7. The second-order valence-electron chi connectivity index (χ2n) is 5.76. The zero-order valence-electron chi connectivity index (χ0n) is 14.1. The molecule has 1 unspecified atom stereocenters. The predicted molar refractivity (Wildman–Crippen MR) is 82.3 cm³/mol. The maximum atomic E-state index is 12.5. The van der Waals surface area contributed by atoms with Gasteiger partial charge in [-0.05, 0) is 20.3 Å². The maximum absolute atomic E-state index is 12.5. The molecule has 0 radical (unpaired) electrons. The van der Waals surface area contributed by atoms with Crippen LogP contribution in [0.4, 0.5) is 0 Å². The van der Waals surface area contributed by atoms with Crippen molar-refractivity contribution in [3.63, 3.8) is 0 Å². The summed E-state index contributed by atoms with van der Waals surface area (Å²) in [6, 6.07) is -1.01. The van der Waals surface area contributed by atoms with E-state index in [4.69, 9.17) is 19.7 Å². The van der Waals surface area contributed by atoms with Crippen molar-refractivity contribution in [3.8, 4) is 0 Å². The van der Waals surface area contributed by atoms with Crippen LogP contribution in [0.5, 0.6) is 0 Å². The van der Waals surface area contributed by atoms with Crippen molar-refractivity contribution in [1.82, 2.24) is 5.32 Å². The minimum Gasteiger partial charge on any atom is -0.461 e. The summed E-state index contributed by atoms with van der Waals surface area (Å²) < 4.78 is 15.6. The summed E-state index contributed by atoms with van der Waals surface area (Å²) in [5, 5.41) is 2.58. The topological polar surface area (TPSA) is 127 Å². The lowest BCUT2D eigenvalue weighted by molar-refractivity contribution is -0.155. The molecule has 1 saturated heterocycles. The third-order valence-electron chi connectivity index (χ3n) is 3.61. The lowest BCUT2D eigenvalue weighted by atomic mass is 10.0. The van der Waals surface area contributed by atoms with E-state index in [-0.39, 0.29) is 25.6 Å². The van der Waals surface area contributed by atoms with Crippen LogP contribution in [0.25, 0.3) is 5.53 Å². The van der Waals surface area contributed by atoms with Crippen molar-refractivity contribution in [2.24, 2.45) is 0 Å². The summed E-state index contributed by atoms with van der Waals surface area (Å²) in [5.41, 5.74) is 7.20. The normalized spacial score (nSPS) is 21.0. The van der Waals surface area contributed by atoms with Crippen molar-refractivity contribution in [2.45, 2.75) is 50.9 Å². The van der Waals surface area contributed by atoms with Gasteiger partial charge in [0.05, 0.1) is 19.3 Å². The quantitative estimate of drug-likeness (QED) is 0.269. The number of Topliss-reactive ketones (excluding diaryl/α,β-unsaturated/α-hetero) is 1.